The molecule has 1 N–H and O–H groups in total. The van der Waals surface area contributed by atoms with Crippen LogP contribution >= 0.6 is 0 Å². The van der Waals surface area contributed by atoms with Gasteiger partial charge in [-0.2, -0.15) is 0 Å². The van der Waals surface area contributed by atoms with Crippen molar-refractivity contribution in [2.45, 2.75) is 87.5 Å². The average Bonchev–Trinajstić information content (AvgIpc) is 3.07. The van der Waals surface area contributed by atoms with Gasteiger partial charge in [-0.1, -0.05) is 29.9 Å². The maximum atomic E-state index is 13.2. The summed E-state index contributed by atoms with van der Waals surface area (Å²) >= 11 is 0. The molecule has 6 heteroatoms. The highest BCUT2D eigenvalue weighted by molar-refractivity contribution is 6.09. The summed E-state index contributed by atoms with van der Waals surface area (Å²) < 4.78 is 14.5. The fourth-order valence-electron chi connectivity index (χ4n) is 6.15. The molecule has 0 atom stereocenters. The van der Waals surface area contributed by atoms with Gasteiger partial charge in [0.05, 0.1) is 71.1 Å². The van der Waals surface area contributed by atoms with E-state index < -0.39 is 0 Å². The predicted molar refractivity (Wildman–Crippen MR) is 194 cm³/mol. The van der Waals surface area contributed by atoms with Crippen LogP contribution in [0, 0.1) is 0 Å². The van der Waals surface area contributed by atoms with Crippen LogP contribution in [0.2, 0.25) is 0 Å². The molecule has 0 aliphatic rings. The molecule has 0 saturated heterocycles. The first-order chi connectivity index (χ1) is 22.1. The summed E-state index contributed by atoms with van der Waals surface area (Å²) in [6.45, 7) is 28.3. The lowest BCUT2D eigenvalue weighted by molar-refractivity contribution is -0.923. The van der Waals surface area contributed by atoms with Crippen LogP contribution in [0.5, 0.6) is 17.2 Å². The number of benzene rings is 2. The highest BCUT2D eigenvalue weighted by Gasteiger charge is 2.21. The van der Waals surface area contributed by atoms with Gasteiger partial charge in [-0.25, -0.2) is 0 Å². The number of phenols is 1. The number of nitrogens with zero attached hydrogens (tertiary/aromatic N) is 2. The van der Waals surface area contributed by atoms with Crippen LogP contribution in [0.1, 0.15) is 103 Å². The lowest BCUT2D eigenvalue weighted by atomic mass is 10.00. The topological polar surface area (TPSA) is 55.8 Å². The molecule has 0 heterocycles. The molecule has 2 aromatic carbocycles. The van der Waals surface area contributed by atoms with E-state index in [0.717, 1.165) is 73.2 Å². The highest BCUT2D eigenvalue weighted by Crippen LogP contribution is 2.33. The highest BCUT2D eigenvalue weighted by atomic mass is 16.5. The molecule has 0 bridgehead atoms. The third-order valence-corrected chi connectivity index (χ3v) is 10.1. The molecule has 46 heavy (non-hydrogen) atoms. The Morgan fingerprint density at radius 1 is 0.717 bits per heavy atom. The third kappa shape index (κ3) is 11.9. The van der Waals surface area contributed by atoms with Gasteiger partial charge in [0, 0.05) is 5.56 Å². The van der Waals surface area contributed by atoms with Gasteiger partial charge in [0.15, 0.2) is 5.78 Å². The molecule has 256 valence electrons. The summed E-state index contributed by atoms with van der Waals surface area (Å²) in [4.78, 5) is 13.2. The Morgan fingerprint density at radius 3 is 1.74 bits per heavy atom. The molecule has 0 unspecified atom stereocenters. The fraction of sp³-hybridized carbons (Fsp3) is 0.575. The van der Waals surface area contributed by atoms with E-state index in [4.69, 9.17) is 9.47 Å². The SMILES string of the molecule is CC[N+](CC)(CC)CCCCOc1ccc(/C=C/C(=O)c2ccc(OCCCC[N+](CC)(CC)CC)c(CC=C(C)C)c2O)cc1. The Hall–Kier alpha value is -3.09. The van der Waals surface area contributed by atoms with Crippen LogP contribution in [0.3, 0.4) is 0 Å². The minimum Gasteiger partial charge on any atom is -0.507 e. The second kappa shape index (κ2) is 20.2. The molecular weight excluding hydrogens is 572 g/mol. The maximum Gasteiger partial charge on any atom is 0.189 e. The van der Waals surface area contributed by atoms with Gasteiger partial charge in [0.2, 0.25) is 0 Å². The Kier molecular flexibility index (Phi) is 17.2. The zero-order valence-electron chi connectivity index (χ0n) is 30.4. The smallest absolute Gasteiger partial charge is 0.189 e. The van der Waals surface area contributed by atoms with E-state index in [-0.39, 0.29) is 17.1 Å². The summed E-state index contributed by atoms with van der Waals surface area (Å²) in [5, 5.41) is 11.2. The van der Waals surface area contributed by atoms with E-state index in [1.54, 1.807) is 12.1 Å². The number of quaternary nitrogens is 2. The molecule has 2 aromatic rings. The largest absolute Gasteiger partial charge is 0.507 e. The Labute approximate surface area is 280 Å². The summed E-state index contributed by atoms with van der Waals surface area (Å²) in [5.74, 6) is 1.24. The van der Waals surface area contributed by atoms with Crippen molar-refractivity contribution in [2.75, 3.05) is 65.6 Å². The molecule has 0 amide bonds. The summed E-state index contributed by atoms with van der Waals surface area (Å²) in [6.07, 6.45) is 10.1. The van der Waals surface area contributed by atoms with Gasteiger partial charge < -0.3 is 23.5 Å². The number of aromatic hydroxyl groups is 1. The average molecular weight is 637 g/mol. The van der Waals surface area contributed by atoms with Gasteiger partial charge >= 0.3 is 0 Å². The Balaban J connectivity index is 2.00. The number of hydrogen-bond acceptors (Lipinski definition) is 4. The summed E-state index contributed by atoms with van der Waals surface area (Å²) in [6, 6.07) is 11.3. The van der Waals surface area contributed by atoms with Crippen molar-refractivity contribution in [1.82, 2.24) is 0 Å². The van der Waals surface area contributed by atoms with E-state index in [2.05, 4.69) is 47.6 Å². The maximum absolute atomic E-state index is 13.2. The molecule has 0 aromatic heterocycles. The lowest BCUT2D eigenvalue weighted by Crippen LogP contribution is -2.48. The zero-order chi connectivity index (χ0) is 34.0. The first-order valence-electron chi connectivity index (χ1n) is 17.9. The minimum atomic E-state index is -0.239. The van der Waals surface area contributed by atoms with Gasteiger partial charge in [-0.05, 0) is 123 Å². The Morgan fingerprint density at radius 2 is 1.24 bits per heavy atom. The molecule has 0 saturated carbocycles. The molecule has 6 nitrogen and oxygen atoms in total. The Bertz CT molecular complexity index is 1220. The number of ether oxygens (including phenoxy) is 2. The van der Waals surface area contributed by atoms with Gasteiger partial charge in [0.1, 0.15) is 17.2 Å². The molecule has 2 rings (SSSR count). The van der Waals surface area contributed by atoms with Crippen LogP contribution in [0.15, 0.2) is 54.1 Å². The van der Waals surface area contributed by atoms with Crippen LogP contribution in [0.4, 0.5) is 0 Å². The number of carbonyl (C=O) groups is 1. The van der Waals surface area contributed by atoms with Crippen molar-refractivity contribution in [2.24, 2.45) is 0 Å². The zero-order valence-corrected chi connectivity index (χ0v) is 30.4. The van der Waals surface area contributed by atoms with Crippen LogP contribution in [0.25, 0.3) is 6.08 Å². The monoisotopic (exact) mass is 636 g/mol. The summed E-state index contributed by atoms with van der Waals surface area (Å²) in [7, 11) is 0. The molecule has 0 radical (unpaired) electrons. The van der Waals surface area contributed by atoms with Gasteiger partial charge in [0.25, 0.3) is 0 Å². The summed E-state index contributed by atoms with van der Waals surface area (Å²) in [5.41, 5.74) is 2.99. The van der Waals surface area contributed by atoms with Crippen molar-refractivity contribution in [3.05, 3.63) is 70.8 Å². The minimum absolute atomic E-state index is 0.000109. The quantitative estimate of drug-likeness (QED) is 0.0435. The van der Waals surface area contributed by atoms with E-state index in [1.807, 2.05) is 44.2 Å². The first kappa shape index (κ1) is 39.1. The van der Waals surface area contributed by atoms with Crippen molar-refractivity contribution >= 4 is 11.9 Å². The van der Waals surface area contributed by atoms with Crippen LogP contribution in [-0.2, 0) is 6.42 Å². The number of ketones is 1. The normalized spacial score (nSPS) is 12.0. The van der Waals surface area contributed by atoms with E-state index >= 15 is 0 Å². The molecule has 0 aliphatic carbocycles. The van der Waals surface area contributed by atoms with Crippen molar-refractivity contribution in [3.8, 4) is 17.2 Å². The molecule has 0 aliphatic heterocycles. The third-order valence-electron chi connectivity index (χ3n) is 10.1. The first-order valence-corrected chi connectivity index (χ1v) is 17.9. The van der Waals surface area contributed by atoms with E-state index in [0.29, 0.717) is 30.9 Å². The van der Waals surface area contributed by atoms with Crippen LogP contribution in [-0.4, -0.2) is 85.4 Å². The number of unbranched alkanes of at least 4 members (excludes halogenated alkanes) is 2. The van der Waals surface area contributed by atoms with E-state index in [9.17, 15) is 9.90 Å². The van der Waals surface area contributed by atoms with E-state index in [1.165, 1.54) is 36.7 Å². The van der Waals surface area contributed by atoms with Gasteiger partial charge in [-0.15, -0.1) is 0 Å². The van der Waals surface area contributed by atoms with Crippen molar-refractivity contribution in [1.29, 1.82) is 0 Å². The van der Waals surface area contributed by atoms with Crippen LogP contribution < -0.4 is 9.47 Å². The number of hydrogen-bond donors (Lipinski definition) is 1. The molecule has 0 spiro atoms. The van der Waals surface area contributed by atoms with Gasteiger partial charge in [-0.3, -0.25) is 4.79 Å². The lowest BCUT2D eigenvalue weighted by Gasteiger charge is -2.35. The number of rotatable bonds is 23. The van der Waals surface area contributed by atoms with Crippen molar-refractivity contribution < 1.29 is 28.3 Å². The predicted octanol–water partition coefficient (Wildman–Crippen LogP) is 8.87. The standard InChI is InChI=1S/C40H63N2O4/c1-9-41(10-2,11-3)29-15-17-31-45-35-23-20-34(21-24-35)22-27-38(43)36-26-28-39(37(40(36)44)25-19-33(7)8)46-32-18-16-30-42(12-4,13-5)14-6/h19-24,26-28H,9-18,25,29-32H2,1-8H3/q+1/p+1/b27-22+. The fourth-order valence-corrected chi connectivity index (χ4v) is 6.15. The van der Waals surface area contributed by atoms with Crippen molar-refractivity contribution in [3.63, 3.8) is 0 Å². The second-order valence-electron chi connectivity index (χ2n) is 12.8. The number of phenolic OH excluding ortho intramolecular Hbond substituents is 1. The number of carbonyl (C=O) groups excluding carboxylic acids is 1. The molecular formula is C40H64N2O4+2. The number of allylic oxidation sites excluding steroid dienone is 3. The second-order valence-corrected chi connectivity index (χ2v) is 12.8. The molecule has 0 fully saturated rings.